The van der Waals surface area contributed by atoms with Crippen molar-refractivity contribution in [1.82, 2.24) is 24.6 Å². The molecule has 0 bridgehead atoms. The highest BCUT2D eigenvalue weighted by molar-refractivity contribution is 7.11. The summed E-state index contributed by atoms with van der Waals surface area (Å²) in [6.07, 6.45) is 5.70. The molecule has 112 valence electrons. The molecule has 0 spiro atoms. The maximum absolute atomic E-state index is 11.1. The molecule has 1 aliphatic rings. The first kappa shape index (κ1) is 14.2. The number of aryl methyl sites for hydroxylation is 1. The van der Waals surface area contributed by atoms with Crippen molar-refractivity contribution in [2.45, 2.75) is 32.4 Å². The van der Waals surface area contributed by atoms with Crippen molar-refractivity contribution in [3.05, 3.63) is 28.2 Å². The smallest absolute Gasteiger partial charge is 0.288 e. The van der Waals surface area contributed by atoms with E-state index in [1.807, 2.05) is 13.1 Å². The summed E-state index contributed by atoms with van der Waals surface area (Å²) < 4.78 is 1.77. The Balaban J connectivity index is 1.66. The summed E-state index contributed by atoms with van der Waals surface area (Å²) in [5.41, 5.74) is 5.20. The lowest BCUT2D eigenvalue weighted by molar-refractivity contribution is 0.0989. The summed E-state index contributed by atoms with van der Waals surface area (Å²) >= 11 is 1.74. The third kappa shape index (κ3) is 3.27. The maximum atomic E-state index is 11.1. The summed E-state index contributed by atoms with van der Waals surface area (Å²) in [6.45, 7) is 4.91. The first-order valence-corrected chi connectivity index (χ1v) is 7.78. The molecule has 2 N–H and O–H groups in total. The fourth-order valence-electron chi connectivity index (χ4n) is 2.65. The van der Waals surface area contributed by atoms with Gasteiger partial charge in [0.2, 0.25) is 5.82 Å². The van der Waals surface area contributed by atoms with Crippen LogP contribution in [-0.4, -0.2) is 43.6 Å². The average Bonchev–Trinajstić information content (AvgIpc) is 3.08. The average molecular weight is 306 g/mol. The zero-order valence-electron chi connectivity index (χ0n) is 11.9. The third-order valence-electron chi connectivity index (χ3n) is 3.63. The van der Waals surface area contributed by atoms with Gasteiger partial charge in [0.1, 0.15) is 6.33 Å². The van der Waals surface area contributed by atoms with Crippen LogP contribution in [0.15, 0.2) is 12.5 Å². The van der Waals surface area contributed by atoms with Crippen molar-refractivity contribution in [3.63, 3.8) is 0 Å². The van der Waals surface area contributed by atoms with Gasteiger partial charge in [0, 0.05) is 24.2 Å². The minimum atomic E-state index is -0.582. The molecule has 0 aliphatic carbocycles. The first-order chi connectivity index (χ1) is 10.1. The largest absolute Gasteiger partial charge is 0.363 e. The topological polar surface area (TPSA) is 89.9 Å². The molecular formula is C13H18N6OS. The van der Waals surface area contributed by atoms with Gasteiger partial charge in [-0.2, -0.15) is 0 Å². The molecule has 0 saturated carbocycles. The summed E-state index contributed by atoms with van der Waals surface area (Å²) in [5.74, 6) is -0.494. The Bertz CT molecular complexity index is 636. The van der Waals surface area contributed by atoms with Gasteiger partial charge in [-0.25, -0.2) is 14.6 Å². The van der Waals surface area contributed by atoms with Gasteiger partial charge < -0.3 is 5.73 Å². The second-order valence-corrected chi connectivity index (χ2v) is 6.61. The zero-order chi connectivity index (χ0) is 14.8. The summed E-state index contributed by atoms with van der Waals surface area (Å²) in [7, 11) is 0. The van der Waals surface area contributed by atoms with Crippen LogP contribution in [0.5, 0.6) is 0 Å². The molecule has 2 aromatic heterocycles. The van der Waals surface area contributed by atoms with Crippen LogP contribution in [0.3, 0.4) is 0 Å². The van der Waals surface area contributed by atoms with Crippen LogP contribution in [0.1, 0.15) is 39.4 Å². The quantitative estimate of drug-likeness (QED) is 0.909. The van der Waals surface area contributed by atoms with E-state index < -0.39 is 5.91 Å². The molecule has 1 amide bonds. The maximum Gasteiger partial charge on any atom is 0.288 e. The Hall–Kier alpha value is -1.80. The number of rotatable bonds is 4. The van der Waals surface area contributed by atoms with Gasteiger partial charge in [-0.05, 0) is 26.3 Å². The first-order valence-electron chi connectivity index (χ1n) is 6.96. The highest BCUT2D eigenvalue weighted by atomic mass is 32.1. The van der Waals surface area contributed by atoms with E-state index in [9.17, 15) is 4.79 Å². The lowest BCUT2D eigenvalue weighted by Gasteiger charge is -2.32. The molecule has 2 aromatic rings. The second-order valence-electron chi connectivity index (χ2n) is 5.29. The van der Waals surface area contributed by atoms with E-state index in [0.29, 0.717) is 0 Å². The molecular weight excluding hydrogens is 288 g/mol. The number of likely N-dealkylation sites (tertiary alicyclic amines) is 1. The number of hydrogen-bond donors (Lipinski definition) is 1. The number of amides is 1. The van der Waals surface area contributed by atoms with Crippen LogP contribution in [0.25, 0.3) is 0 Å². The number of thiazole rings is 1. The van der Waals surface area contributed by atoms with E-state index in [4.69, 9.17) is 5.73 Å². The Morgan fingerprint density at radius 1 is 1.52 bits per heavy atom. The molecule has 1 fully saturated rings. The zero-order valence-corrected chi connectivity index (χ0v) is 12.7. The predicted octanol–water partition coefficient (Wildman–Crippen LogP) is 0.979. The molecule has 21 heavy (non-hydrogen) atoms. The molecule has 3 rings (SSSR count). The fraction of sp³-hybridized carbons (Fsp3) is 0.538. The number of piperidine rings is 1. The normalized spacial score (nSPS) is 19.8. The molecule has 7 nitrogen and oxygen atoms in total. The van der Waals surface area contributed by atoms with Crippen LogP contribution in [-0.2, 0) is 6.54 Å². The van der Waals surface area contributed by atoms with Crippen LogP contribution >= 0.6 is 11.3 Å². The van der Waals surface area contributed by atoms with Crippen molar-refractivity contribution in [1.29, 1.82) is 0 Å². The van der Waals surface area contributed by atoms with E-state index in [0.717, 1.165) is 37.5 Å². The SMILES string of the molecule is Cc1ncc(CN2CCCC(n3cnc(C(N)=O)n3)C2)s1. The standard InChI is InChI=1S/C13H18N6OS/c1-9-15-5-11(21-9)7-18-4-2-3-10(6-18)19-8-16-13(17-19)12(14)20/h5,8,10H,2-4,6-7H2,1H3,(H2,14,20). The molecule has 0 radical (unpaired) electrons. The highest BCUT2D eigenvalue weighted by Gasteiger charge is 2.23. The van der Waals surface area contributed by atoms with Crippen LogP contribution in [0, 0.1) is 6.92 Å². The van der Waals surface area contributed by atoms with E-state index >= 15 is 0 Å². The van der Waals surface area contributed by atoms with Gasteiger partial charge in [-0.15, -0.1) is 16.4 Å². The van der Waals surface area contributed by atoms with Gasteiger partial charge in [0.05, 0.1) is 11.0 Å². The molecule has 8 heteroatoms. The van der Waals surface area contributed by atoms with Crippen LogP contribution in [0.4, 0.5) is 0 Å². The van der Waals surface area contributed by atoms with E-state index in [-0.39, 0.29) is 11.9 Å². The molecule has 1 atom stereocenters. The van der Waals surface area contributed by atoms with Crippen molar-refractivity contribution >= 4 is 17.2 Å². The Morgan fingerprint density at radius 3 is 3.05 bits per heavy atom. The monoisotopic (exact) mass is 306 g/mol. The minimum Gasteiger partial charge on any atom is -0.363 e. The van der Waals surface area contributed by atoms with E-state index in [1.54, 1.807) is 22.3 Å². The van der Waals surface area contributed by atoms with Gasteiger partial charge in [0.15, 0.2) is 0 Å². The van der Waals surface area contributed by atoms with Gasteiger partial charge >= 0.3 is 0 Å². The molecule has 1 aliphatic heterocycles. The molecule has 1 saturated heterocycles. The summed E-state index contributed by atoms with van der Waals surface area (Å²) in [5, 5.41) is 5.27. The summed E-state index contributed by atoms with van der Waals surface area (Å²) in [4.78, 5) is 23.0. The molecule has 0 aromatic carbocycles. The fourth-order valence-corrected chi connectivity index (χ4v) is 3.49. The van der Waals surface area contributed by atoms with Crippen molar-refractivity contribution < 1.29 is 4.79 Å². The highest BCUT2D eigenvalue weighted by Crippen LogP contribution is 2.23. The second kappa shape index (κ2) is 5.90. The van der Waals surface area contributed by atoms with Gasteiger partial charge in [-0.3, -0.25) is 9.69 Å². The van der Waals surface area contributed by atoms with Gasteiger partial charge in [0.25, 0.3) is 5.91 Å². The number of carbonyl (C=O) groups is 1. The molecule has 1 unspecified atom stereocenters. The van der Waals surface area contributed by atoms with Crippen molar-refractivity contribution in [2.24, 2.45) is 5.73 Å². The Morgan fingerprint density at radius 2 is 2.38 bits per heavy atom. The number of nitrogens with zero attached hydrogens (tertiary/aromatic N) is 5. The number of aromatic nitrogens is 4. The summed E-state index contributed by atoms with van der Waals surface area (Å²) in [6, 6.07) is 0.244. The van der Waals surface area contributed by atoms with Crippen molar-refractivity contribution in [2.75, 3.05) is 13.1 Å². The Kier molecular flexibility index (Phi) is 3.98. The number of hydrogen-bond acceptors (Lipinski definition) is 6. The minimum absolute atomic E-state index is 0.0882. The van der Waals surface area contributed by atoms with Crippen molar-refractivity contribution in [3.8, 4) is 0 Å². The van der Waals surface area contributed by atoms with Gasteiger partial charge in [-0.1, -0.05) is 0 Å². The van der Waals surface area contributed by atoms with E-state index in [1.165, 1.54) is 4.88 Å². The Labute approximate surface area is 126 Å². The van der Waals surface area contributed by atoms with Crippen LogP contribution < -0.4 is 5.73 Å². The van der Waals surface area contributed by atoms with Crippen LogP contribution in [0.2, 0.25) is 0 Å². The number of primary amides is 1. The van der Waals surface area contributed by atoms with E-state index in [2.05, 4.69) is 20.0 Å². The lowest BCUT2D eigenvalue weighted by Crippen LogP contribution is -2.36. The predicted molar refractivity (Wildman–Crippen MR) is 78.9 cm³/mol. The molecule has 3 heterocycles. The third-order valence-corrected chi connectivity index (χ3v) is 4.53. The number of nitrogens with two attached hydrogens (primary N) is 1. The lowest BCUT2D eigenvalue weighted by atomic mass is 10.1. The number of carbonyl (C=O) groups excluding carboxylic acids is 1.